The number of benzene rings is 1. The molecule has 16 heavy (non-hydrogen) atoms. The van der Waals surface area contributed by atoms with Crippen molar-refractivity contribution >= 4 is 11.8 Å². The molecule has 0 fully saturated rings. The zero-order valence-electron chi connectivity index (χ0n) is 9.01. The van der Waals surface area contributed by atoms with Crippen LogP contribution in [-0.2, 0) is 11.9 Å². The Morgan fingerprint density at radius 1 is 1.31 bits per heavy atom. The Morgan fingerprint density at radius 2 is 1.94 bits per heavy atom. The van der Waals surface area contributed by atoms with Gasteiger partial charge in [-0.3, -0.25) is 0 Å². The monoisotopic (exact) mass is 250 g/mol. The predicted octanol–water partition coefficient (Wildman–Crippen LogP) is 4.05. The highest BCUT2D eigenvalue weighted by Crippen LogP contribution is 2.33. The highest BCUT2D eigenvalue weighted by molar-refractivity contribution is 7.99. The van der Waals surface area contributed by atoms with Crippen molar-refractivity contribution in [3.05, 3.63) is 29.3 Å². The molecule has 0 spiro atoms. The fraction of sp³-hybridized carbons (Fsp3) is 0.455. The third-order valence-electron chi connectivity index (χ3n) is 1.98. The SMILES string of the molecule is CC(C)SCc1ccc(C(F)(F)F)cc1O. The van der Waals surface area contributed by atoms with E-state index in [9.17, 15) is 18.3 Å². The van der Waals surface area contributed by atoms with E-state index in [0.29, 0.717) is 16.6 Å². The summed E-state index contributed by atoms with van der Waals surface area (Å²) in [6.45, 7) is 3.98. The molecule has 0 unspecified atom stereocenters. The fourth-order valence-electron chi connectivity index (χ4n) is 1.12. The molecule has 0 amide bonds. The number of aromatic hydroxyl groups is 1. The van der Waals surface area contributed by atoms with Crippen LogP contribution >= 0.6 is 11.8 Å². The summed E-state index contributed by atoms with van der Waals surface area (Å²) in [6, 6.07) is 3.10. The zero-order chi connectivity index (χ0) is 12.3. The maximum Gasteiger partial charge on any atom is 0.416 e. The van der Waals surface area contributed by atoms with Gasteiger partial charge in [-0.1, -0.05) is 19.9 Å². The number of rotatable bonds is 3. The fourth-order valence-corrected chi connectivity index (χ4v) is 1.88. The summed E-state index contributed by atoms with van der Waals surface area (Å²) in [4.78, 5) is 0. The Balaban J connectivity index is 2.84. The van der Waals surface area contributed by atoms with E-state index in [4.69, 9.17) is 0 Å². The smallest absolute Gasteiger partial charge is 0.416 e. The summed E-state index contributed by atoms with van der Waals surface area (Å²) in [6.07, 6.45) is -4.40. The lowest BCUT2D eigenvalue weighted by Gasteiger charge is -2.10. The minimum atomic E-state index is -4.40. The van der Waals surface area contributed by atoms with Crippen molar-refractivity contribution in [3.8, 4) is 5.75 Å². The quantitative estimate of drug-likeness (QED) is 0.873. The summed E-state index contributed by atoms with van der Waals surface area (Å²) in [5.74, 6) is 0.227. The van der Waals surface area contributed by atoms with Gasteiger partial charge in [0.2, 0.25) is 0 Å². The van der Waals surface area contributed by atoms with Crippen LogP contribution in [0.2, 0.25) is 0 Å². The Morgan fingerprint density at radius 3 is 2.38 bits per heavy atom. The van der Waals surface area contributed by atoms with Crippen LogP contribution in [0, 0.1) is 0 Å². The lowest BCUT2D eigenvalue weighted by molar-refractivity contribution is -0.137. The molecule has 0 saturated heterocycles. The van der Waals surface area contributed by atoms with E-state index in [-0.39, 0.29) is 5.75 Å². The molecule has 1 aromatic carbocycles. The number of hydrogen-bond acceptors (Lipinski definition) is 2. The van der Waals surface area contributed by atoms with Gasteiger partial charge >= 0.3 is 6.18 Å². The molecule has 0 heterocycles. The van der Waals surface area contributed by atoms with Gasteiger partial charge in [0, 0.05) is 11.3 Å². The second kappa shape index (κ2) is 4.99. The standard InChI is InChI=1S/C11H13F3OS/c1-7(2)16-6-8-3-4-9(5-10(8)15)11(12,13)14/h3-5,7,15H,6H2,1-2H3. The molecule has 0 aromatic heterocycles. The minimum Gasteiger partial charge on any atom is -0.508 e. The Bertz CT molecular complexity index is 361. The first-order valence-electron chi connectivity index (χ1n) is 4.81. The molecular formula is C11H13F3OS. The van der Waals surface area contributed by atoms with Crippen molar-refractivity contribution in [2.75, 3.05) is 0 Å². The molecule has 90 valence electrons. The van der Waals surface area contributed by atoms with Crippen molar-refractivity contribution in [1.29, 1.82) is 0 Å². The van der Waals surface area contributed by atoms with E-state index in [1.807, 2.05) is 13.8 Å². The number of phenolic OH excluding ortho intramolecular Hbond substituents is 1. The normalized spacial score (nSPS) is 12.1. The summed E-state index contributed by atoms with van der Waals surface area (Å²) < 4.78 is 36.9. The van der Waals surface area contributed by atoms with Gasteiger partial charge in [0.25, 0.3) is 0 Å². The van der Waals surface area contributed by atoms with Crippen LogP contribution in [0.5, 0.6) is 5.75 Å². The topological polar surface area (TPSA) is 20.2 Å². The average molecular weight is 250 g/mol. The summed E-state index contributed by atoms with van der Waals surface area (Å²) in [7, 11) is 0. The van der Waals surface area contributed by atoms with Crippen molar-refractivity contribution in [2.45, 2.75) is 31.0 Å². The maximum atomic E-state index is 12.3. The van der Waals surface area contributed by atoms with E-state index in [1.54, 1.807) is 11.8 Å². The van der Waals surface area contributed by atoms with Crippen LogP contribution in [0.25, 0.3) is 0 Å². The lowest BCUT2D eigenvalue weighted by Crippen LogP contribution is -2.04. The highest BCUT2D eigenvalue weighted by Gasteiger charge is 2.30. The van der Waals surface area contributed by atoms with Crippen LogP contribution < -0.4 is 0 Å². The van der Waals surface area contributed by atoms with Gasteiger partial charge in [0.1, 0.15) is 5.75 Å². The summed E-state index contributed by atoms with van der Waals surface area (Å²) in [5.41, 5.74) is -0.282. The van der Waals surface area contributed by atoms with Crippen molar-refractivity contribution in [2.24, 2.45) is 0 Å². The first-order chi connectivity index (χ1) is 7.30. The number of hydrogen-bond donors (Lipinski definition) is 1. The van der Waals surface area contributed by atoms with Gasteiger partial charge < -0.3 is 5.11 Å². The van der Waals surface area contributed by atoms with Gasteiger partial charge in [-0.2, -0.15) is 24.9 Å². The largest absolute Gasteiger partial charge is 0.508 e. The molecule has 0 aliphatic carbocycles. The average Bonchev–Trinajstić information content (AvgIpc) is 2.14. The van der Waals surface area contributed by atoms with E-state index >= 15 is 0 Å². The van der Waals surface area contributed by atoms with E-state index < -0.39 is 11.7 Å². The molecule has 1 nitrogen and oxygen atoms in total. The second-order valence-electron chi connectivity index (χ2n) is 3.70. The van der Waals surface area contributed by atoms with Crippen molar-refractivity contribution in [3.63, 3.8) is 0 Å². The van der Waals surface area contributed by atoms with Crippen molar-refractivity contribution in [1.82, 2.24) is 0 Å². The molecule has 0 saturated carbocycles. The van der Waals surface area contributed by atoms with Gasteiger partial charge in [-0.05, 0) is 17.4 Å². The molecule has 0 radical (unpaired) electrons. The summed E-state index contributed by atoms with van der Waals surface area (Å²) in [5, 5.41) is 9.83. The van der Waals surface area contributed by atoms with Crippen LogP contribution in [0.1, 0.15) is 25.0 Å². The van der Waals surface area contributed by atoms with E-state index in [0.717, 1.165) is 12.1 Å². The maximum absolute atomic E-state index is 12.3. The Labute approximate surface area is 96.7 Å². The predicted molar refractivity (Wildman–Crippen MR) is 59.5 cm³/mol. The second-order valence-corrected chi connectivity index (χ2v) is 5.27. The van der Waals surface area contributed by atoms with Crippen LogP contribution in [0.15, 0.2) is 18.2 Å². The highest BCUT2D eigenvalue weighted by atomic mass is 32.2. The lowest BCUT2D eigenvalue weighted by atomic mass is 10.1. The van der Waals surface area contributed by atoms with Gasteiger partial charge in [-0.25, -0.2) is 0 Å². The number of thioether (sulfide) groups is 1. The number of phenols is 1. The third-order valence-corrected chi connectivity index (χ3v) is 3.13. The van der Waals surface area contributed by atoms with Gasteiger partial charge in [0.05, 0.1) is 5.56 Å². The molecule has 0 aliphatic rings. The molecule has 1 aromatic rings. The molecule has 0 aliphatic heterocycles. The summed E-state index contributed by atoms with van der Waals surface area (Å²) >= 11 is 1.57. The molecule has 0 bridgehead atoms. The van der Waals surface area contributed by atoms with Crippen LogP contribution in [-0.4, -0.2) is 10.4 Å². The molecule has 0 atom stereocenters. The molecule has 1 N–H and O–H groups in total. The van der Waals surface area contributed by atoms with Crippen LogP contribution in [0.4, 0.5) is 13.2 Å². The van der Waals surface area contributed by atoms with Crippen molar-refractivity contribution < 1.29 is 18.3 Å². The first kappa shape index (κ1) is 13.2. The van der Waals surface area contributed by atoms with Gasteiger partial charge in [0.15, 0.2) is 0 Å². The number of halogens is 3. The molecular weight excluding hydrogens is 237 g/mol. The minimum absolute atomic E-state index is 0.289. The zero-order valence-corrected chi connectivity index (χ0v) is 9.82. The first-order valence-corrected chi connectivity index (χ1v) is 5.86. The Kier molecular flexibility index (Phi) is 4.13. The molecule has 1 rings (SSSR count). The molecule has 5 heteroatoms. The van der Waals surface area contributed by atoms with Gasteiger partial charge in [-0.15, -0.1) is 0 Å². The Hall–Kier alpha value is -0.840. The van der Waals surface area contributed by atoms with E-state index in [2.05, 4.69) is 0 Å². The third kappa shape index (κ3) is 3.63. The van der Waals surface area contributed by atoms with Crippen LogP contribution in [0.3, 0.4) is 0 Å². The van der Waals surface area contributed by atoms with E-state index in [1.165, 1.54) is 6.07 Å². The number of alkyl halides is 3.